The number of ether oxygens (including phenoxy) is 3. The summed E-state index contributed by atoms with van der Waals surface area (Å²) in [6.45, 7) is 2.04. The van der Waals surface area contributed by atoms with E-state index in [1.807, 2.05) is 6.92 Å². The first-order chi connectivity index (χ1) is 14.4. The Bertz CT molecular complexity index is 961. The molecule has 1 aliphatic rings. The first-order valence-electron chi connectivity index (χ1n) is 9.61. The van der Waals surface area contributed by atoms with Gasteiger partial charge in [-0.1, -0.05) is 24.9 Å². The molecule has 1 aliphatic heterocycles. The number of amides is 1. The van der Waals surface area contributed by atoms with E-state index in [9.17, 15) is 14.4 Å². The second kappa shape index (κ2) is 8.91. The minimum atomic E-state index is -1.41. The van der Waals surface area contributed by atoms with Gasteiger partial charge in [-0.3, -0.25) is 9.58 Å². The van der Waals surface area contributed by atoms with Crippen LogP contribution in [0.5, 0.6) is 0 Å². The molecular formula is C20H24ClN3O6. The number of carbonyl (C=O) groups excluding carboxylic acids is 3. The lowest BCUT2D eigenvalue weighted by atomic mass is 9.96. The Hall–Kier alpha value is -2.81. The number of esters is 2. The molecule has 2 heterocycles. The quantitative estimate of drug-likeness (QED) is 0.389. The average Bonchev–Trinajstić information content (AvgIpc) is 3.35. The van der Waals surface area contributed by atoms with Gasteiger partial charge in [-0.25, -0.2) is 14.4 Å². The van der Waals surface area contributed by atoms with Gasteiger partial charge < -0.3 is 14.2 Å². The fraction of sp³-hybridized carbons (Fsp3) is 0.500. The molecule has 0 saturated carbocycles. The van der Waals surface area contributed by atoms with Gasteiger partial charge in [0.15, 0.2) is 5.54 Å². The number of unbranched alkanes of at least 4 members (excludes halogenated alkanes) is 1. The van der Waals surface area contributed by atoms with Crippen LogP contribution in [0.4, 0.5) is 4.79 Å². The number of rotatable bonds is 6. The zero-order valence-electron chi connectivity index (χ0n) is 17.1. The number of benzene rings is 1. The maximum atomic E-state index is 12.9. The Morgan fingerprint density at radius 2 is 2.03 bits per heavy atom. The lowest BCUT2D eigenvalue weighted by Gasteiger charge is -2.26. The summed E-state index contributed by atoms with van der Waals surface area (Å²) in [5, 5.41) is 5.73. The Morgan fingerprint density at radius 3 is 2.70 bits per heavy atom. The summed E-state index contributed by atoms with van der Waals surface area (Å²) in [5.74, 6) is -1.27. The lowest BCUT2D eigenvalue weighted by Crippen LogP contribution is -2.46. The largest absolute Gasteiger partial charge is 0.467 e. The van der Waals surface area contributed by atoms with E-state index in [4.69, 9.17) is 25.8 Å². The molecule has 1 saturated heterocycles. The fourth-order valence-corrected chi connectivity index (χ4v) is 3.81. The molecule has 30 heavy (non-hydrogen) atoms. The van der Waals surface area contributed by atoms with E-state index in [1.165, 1.54) is 23.8 Å². The molecule has 0 aliphatic carbocycles. The van der Waals surface area contributed by atoms with E-state index in [0.29, 0.717) is 22.3 Å². The molecule has 0 unspecified atom stereocenters. The molecule has 0 N–H and O–H groups in total. The highest BCUT2D eigenvalue weighted by Gasteiger charge is 2.57. The lowest BCUT2D eigenvalue weighted by molar-refractivity contribution is -0.151. The summed E-state index contributed by atoms with van der Waals surface area (Å²) in [4.78, 5) is 39.3. The number of hydrogen-bond acceptors (Lipinski definition) is 7. The van der Waals surface area contributed by atoms with Crippen molar-refractivity contribution in [2.75, 3.05) is 27.4 Å². The van der Waals surface area contributed by atoms with Crippen molar-refractivity contribution in [3.63, 3.8) is 0 Å². The van der Waals surface area contributed by atoms with E-state index < -0.39 is 29.6 Å². The van der Waals surface area contributed by atoms with E-state index in [0.717, 1.165) is 6.42 Å². The molecule has 1 fully saturated rings. The van der Waals surface area contributed by atoms with Crippen molar-refractivity contribution < 1.29 is 28.6 Å². The molecule has 1 aromatic heterocycles. The number of fused-ring (bicyclic) bond motifs is 1. The first kappa shape index (κ1) is 21.9. The molecule has 162 valence electrons. The van der Waals surface area contributed by atoms with Crippen LogP contribution in [0.2, 0.25) is 5.02 Å². The number of methoxy groups -OCH3 is 2. The van der Waals surface area contributed by atoms with Gasteiger partial charge in [0.05, 0.1) is 32.9 Å². The van der Waals surface area contributed by atoms with Gasteiger partial charge in [-0.05, 0) is 24.6 Å². The molecule has 3 rings (SSSR count). The molecule has 2 atom stereocenters. The molecule has 0 spiro atoms. The third-order valence-corrected chi connectivity index (χ3v) is 5.48. The number of nitrogens with zero attached hydrogens (tertiary/aromatic N) is 3. The molecule has 1 aromatic carbocycles. The van der Waals surface area contributed by atoms with Crippen molar-refractivity contribution in [3.8, 4) is 0 Å². The third kappa shape index (κ3) is 3.94. The van der Waals surface area contributed by atoms with Crippen molar-refractivity contribution in [1.29, 1.82) is 0 Å². The van der Waals surface area contributed by atoms with Crippen molar-refractivity contribution in [3.05, 3.63) is 29.4 Å². The zero-order chi connectivity index (χ0) is 21.9. The highest BCUT2D eigenvalue weighted by atomic mass is 35.5. The summed E-state index contributed by atoms with van der Waals surface area (Å²) < 4.78 is 16.6. The highest BCUT2D eigenvalue weighted by Crippen LogP contribution is 2.37. The number of halogens is 1. The highest BCUT2D eigenvalue weighted by molar-refractivity contribution is 6.31. The SMILES string of the molecule is CCCCOC(=O)N1C[C@](C(=O)OC)(n2cc3cc(Cl)ccc3n2)C[C@H]1C(=O)OC. The Kier molecular flexibility index (Phi) is 6.50. The van der Waals surface area contributed by atoms with Crippen molar-refractivity contribution in [1.82, 2.24) is 14.7 Å². The smallest absolute Gasteiger partial charge is 0.410 e. The van der Waals surface area contributed by atoms with Crippen LogP contribution in [0.1, 0.15) is 26.2 Å². The second-order valence-corrected chi connectivity index (χ2v) is 7.58. The van der Waals surface area contributed by atoms with Crippen LogP contribution >= 0.6 is 11.6 Å². The second-order valence-electron chi connectivity index (χ2n) is 7.14. The van der Waals surface area contributed by atoms with E-state index in [1.54, 1.807) is 24.4 Å². The maximum absolute atomic E-state index is 12.9. The van der Waals surface area contributed by atoms with Crippen LogP contribution < -0.4 is 0 Å². The van der Waals surface area contributed by atoms with Crippen LogP contribution in [0.3, 0.4) is 0 Å². The maximum Gasteiger partial charge on any atom is 0.410 e. The Balaban J connectivity index is 2.03. The number of carbonyl (C=O) groups is 3. The van der Waals surface area contributed by atoms with Gasteiger partial charge in [0, 0.05) is 23.0 Å². The zero-order valence-corrected chi connectivity index (χ0v) is 17.8. The molecule has 0 radical (unpaired) electrons. The molecule has 1 amide bonds. The van der Waals surface area contributed by atoms with Crippen LogP contribution in [-0.2, 0) is 29.3 Å². The molecule has 0 bridgehead atoms. The van der Waals surface area contributed by atoms with Crippen LogP contribution in [0.15, 0.2) is 24.4 Å². The van der Waals surface area contributed by atoms with Crippen LogP contribution in [-0.4, -0.2) is 66.1 Å². The van der Waals surface area contributed by atoms with Crippen LogP contribution in [0, 0.1) is 0 Å². The summed E-state index contributed by atoms with van der Waals surface area (Å²) in [6.07, 6.45) is 2.44. The number of likely N-dealkylation sites (tertiary alicyclic amines) is 1. The fourth-order valence-electron chi connectivity index (χ4n) is 3.62. The predicted octanol–water partition coefficient (Wildman–Crippen LogP) is 2.74. The summed E-state index contributed by atoms with van der Waals surface area (Å²) in [7, 11) is 2.48. The van der Waals surface area contributed by atoms with Gasteiger partial charge >= 0.3 is 18.0 Å². The van der Waals surface area contributed by atoms with E-state index >= 15 is 0 Å². The standard InChI is InChI=1S/C20H24ClN3O6/c1-4-5-8-30-19(27)23-12-20(18(26)29-3,10-16(23)17(25)28-2)24-11-13-9-14(21)6-7-15(13)22-24/h6-7,9,11,16H,4-5,8,10,12H2,1-3H3/t16-,20+/m0/s1. The van der Waals surface area contributed by atoms with Gasteiger partial charge in [0.25, 0.3) is 0 Å². The minimum absolute atomic E-state index is 0.0586. The summed E-state index contributed by atoms with van der Waals surface area (Å²) in [5.41, 5.74) is -0.802. The van der Waals surface area contributed by atoms with Crippen molar-refractivity contribution in [2.45, 2.75) is 37.8 Å². The van der Waals surface area contributed by atoms with Crippen molar-refractivity contribution >= 4 is 40.5 Å². The van der Waals surface area contributed by atoms with Gasteiger partial charge in [-0.2, -0.15) is 5.10 Å². The topological polar surface area (TPSA) is 100.0 Å². The van der Waals surface area contributed by atoms with Gasteiger partial charge in [0.1, 0.15) is 6.04 Å². The molecule has 2 aromatic rings. The Labute approximate surface area is 178 Å². The van der Waals surface area contributed by atoms with Gasteiger partial charge in [-0.15, -0.1) is 0 Å². The Morgan fingerprint density at radius 1 is 1.27 bits per heavy atom. The first-order valence-corrected chi connectivity index (χ1v) is 9.99. The predicted molar refractivity (Wildman–Crippen MR) is 108 cm³/mol. The normalized spacial score (nSPS) is 20.9. The van der Waals surface area contributed by atoms with E-state index in [2.05, 4.69) is 5.10 Å². The third-order valence-electron chi connectivity index (χ3n) is 5.24. The number of aromatic nitrogens is 2. The summed E-state index contributed by atoms with van der Waals surface area (Å²) in [6, 6.07) is 4.12. The molecular weight excluding hydrogens is 414 g/mol. The van der Waals surface area contributed by atoms with Crippen LogP contribution in [0.25, 0.3) is 10.9 Å². The average molecular weight is 438 g/mol. The van der Waals surface area contributed by atoms with Crippen molar-refractivity contribution in [2.24, 2.45) is 0 Å². The minimum Gasteiger partial charge on any atom is -0.467 e. The number of hydrogen-bond donors (Lipinski definition) is 0. The van der Waals surface area contributed by atoms with Gasteiger partial charge in [0.2, 0.25) is 0 Å². The monoisotopic (exact) mass is 437 g/mol. The van der Waals surface area contributed by atoms with E-state index in [-0.39, 0.29) is 19.6 Å². The molecule has 9 nitrogen and oxygen atoms in total. The summed E-state index contributed by atoms with van der Waals surface area (Å²) >= 11 is 6.06. The molecule has 10 heteroatoms.